The molecule has 2 unspecified atom stereocenters. The monoisotopic (exact) mass is 751 g/mol. The van der Waals surface area contributed by atoms with E-state index in [1.54, 1.807) is 38.1 Å². The van der Waals surface area contributed by atoms with Gasteiger partial charge in [-0.15, -0.1) is 5.10 Å². The van der Waals surface area contributed by atoms with E-state index < -0.39 is 65.8 Å². The molecule has 0 saturated carbocycles. The number of nitrogens with zero attached hydrogens (tertiary/aromatic N) is 4. The molecule has 1 fully saturated rings. The molecule has 5 atom stereocenters. The quantitative estimate of drug-likeness (QED) is 0.0868. The smallest absolute Gasteiger partial charge is 0.407 e. The summed E-state index contributed by atoms with van der Waals surface area (Å²) < 4.78 is 11.8. The third-order valence-electron chi connectivity index (χ3n) is 8.83. The molecule has 3 aromatic rings. The molecule has 0 spiro atoms. The van der Waals surface area contributed by atoms with E-state index in [9.17, 15) is 34.2 Å². The molecule has 0 bridgehead atoms. The van der Waals surface area contributed by atoms with Crippen LogP contribution in [0.4, 0.5) is 9.59 Å². The maximum Gasteiger partial charge on any atom is 0.407 e. The van der Waals surface area contributed by atoms with Crippen LogP contribution in [0.2, 0.25) is 0 Å². The van der Waals surface area contributed by atoms with E-state index in [2.05, 4.69) is 26.3 Å². The lowest BCUT2D eigenvalue weighted by Gasteiger charge is -2.29. The van der Waals surface area contributed by atoms with E-state index in [0.717, 1.165) is 11.1 Å². The topological polar surface area (TPSA) is 266 Å². The number of carbonyl (C=O) groups is 5. The summed E-state index contributed by atoms with van der Waals surface area (Å²) in [5, 5.41) is 37.2. The van der Waals surface area contributed by atoms with Crippen molar-refractivity contribution in [3.63, 3.8) is 0 Å². The number of rotatable bonds is 18. The van der Waals surface area contributed by atoms with Gasteiger partial charge in [-0.2, -0.15) is 0 Å². The zero-order chi connectivity index (χ0) is 39.3. The molecule has 18 heteroatoms. The first-order valence-electron chi connectivity index (χ1n) is 17.6. The molecular formula is C36H49N9O9. The number of unbranched alkanes of at least 4 members (excludes halogenated alkanes) is 1. The molecule has 1 aliphatic rings. The molecule has 5 amide bonds. The number of aromatic nitrogens is 3. The van der Waals surface area contributed by atoms with E-state index in [1.807, 2.05) is 36.4 Å². The number of primary amides is 1. The van der Waals surface area contributed by atoms with E-state index in [4.69, 9.17) is 20.9 Å². The molecule has 1 aliphatic heterocycles. The molecule has 2 aromatic carbocycles. The molecule has 0 radical (unpaired) electrons. The Balaban J connectivity index is 1.39. The molecular weight excluding hydrogens is 702 g/mol. The van der Waals surface area contributed by atoms with Gasteiger partial charge in [0.05, 0.1) is 24.0 Å². The number of carbonyl (C=O) groups excluding carboxylic acids is 5. The van der Waals surface area contributed by atoms with E-state index in [1.165, 1.54) is 15.8 Å². The molecule has 18 nitrogen and oxygen atoms in total. The van der Waals surface area contributed by atoms with Crippen LogP contribution >= 0.6 is 0 Å². The van der Waals surface area contributed by atoms with Gasteiger partial charge in [-0.3, -0.25) is 14.4 Å². The van der Waals surface area contributed by atoms with Crippen molar-refractivity contribution in [3.05, 3.63) is 83.7 Å². The van der Waals surface area contributed by atoms with Gasteiger partial charge in [-0.05, 0) is 44.2 Å². The number of likely N-dealkylation sites (tertiary alicyclic amines) is 1. The first-order valence-corrected chi connectivity index (χ1v) is 17.6. The predicted octanol–water partition coefficient (Wildman–Crippen LogP) is 0.329. The molecule has 1 saturated heterocycles. The average molecular weight is 752 g/mol. The molecule has 292 valence electrons. The number of amides is 5. The number of benzene rings is 2. The first kappa shape index (κ1) is 41.2. The lowest BCUT2D eigenvalue weighted by molar-refractivity contribution is -0.140. The van der Waals surface area contributed by atoms with Gasteiger partial charge >= 0.3 is 12.2 Å². The minimum Gasteiger partial charge on any atom is -0.445 e. The molecule has 2 heterocycles. The van der Waals surface area contributed by atoms with Crippen LogP contribution < -0.4 is 27.4 Å². The normalized spacial score (nSPS) is 17.2. The number of alkyl carbamates (subject to hydrolysis) is 2. The fraction of sp³-hybridized carbons (Fsp3) is 0.472. The first-order chi connectivity index (χ1) is 25.7. The molecule has 54 heavy (non-hydrogen) atoms. The predicted molar refractivity (Wildman–Crippen MR) is 193 cm³/mol. The van der Waals surface area contributed by atoms with Gasteiger partial charge in [0.2, 0.25) is 17.7 Å². The second kappa shape index (κ2) is 19.5. The van der Waals surface area contributed by atoms with Crippen molar-refractivity contribution in [2.45, 2.75) is 88.6 Å². The standard InChI is InChI=1S/C36H49N9O9/c1-36(2,52)29-19-41-43-45(29)25-17-28(44(20-25)33(49)26(37)18-40-35(51)54-22-24-13-7-4-8-14-24)32(48)42-27(30(46)31(38)47)15-9-10-16-39-34(50)53-21-23-11-5-3-6-12-23/h3-8,11-14,19,25-28,30,46,52H,9-10,15-18,20-22,37H2,1-2H3,(H2,38,47)(H,39,50)(H,40,51)(H,42,48)/t25-,26+,27?,28-,30?/m0/s1. The maximum absolute atomic E-state index is 13.9. The van der Waals surface area contributed by atoms with Crippen LogP contribution in [-0.4, -0.2) is 104 Å². The van der Waals surface area contributed by atoms with Crippen molar-refractivity contribution in [3.8, 4) is 0 Å². The minimum atomic E-state index is -1.76. The Morgan fingerprint density at radius 3 is 2.11 bits per heavy atom. The number of hydrogen-bond donors (Lipinski definition) is 7. The largest absolute Gasteiger partial charge is 0.445 e. The Labute approximate surface area is 312 Å². The third-order valence-corrected chi connectivity index (χ3v) is 8.83. The average Bonchev–Trinajstić information content (AvgIpc) is 3.84. The number of aliphatic hydroxyl groups is 2. The van der Waals surface area contributed by atoms with Crippen molar-refractivity contribution in [2.75, 3.05) is 19.6 Å². The van der Waals surface area contributed by atoms with Crippen LogP contribution in [0.25, 0.3) is 0 Å². The minimum absolute atomic E-state index is 0.00345. The van der Waals surface area contributed by atoms with Gasteiger partial charge in [-0.25, -0.2) is 14.3 Å². The van der Waals surface area contributed by atoms with Crippen LogP contribution in [0.5, 0.6) is 0 Å². The van der Waals surface area contributed by atoms with Crippen molar-refractivity contribution in [1.82, 2.24) is 35.8 Å². The fourth-order valence-corrected chi connectivity index (χ4v) is 5.94. The number of nitrogens with one attached hydrogen (secondary N) is 3. The highest BCUT2D eigenvalue weighted by atomic mass is 16.6. The van der Waals surface area contributed by atoms with Crippen molar-refractivity contribution >= 4 is 29.9 Å². The lowest BCUT2D eigenvalue weighted by Crippen LogP contribution is -2.57. The lowest BCUT2D eigenvalue weighted by atomic mass is 10.0. The van der Waals surface area contributed by atoms with Crippen molar-refractivity contribution in [1.29, 1.82) is 0 Å². The Bertz CT molecular complexity index is 1700. The number of ether oxygens (including phenoxy) is 2. The van der Waals surface area contributed by atoms with Gasteiger partial charge in [0, 0.05) is 26.1 Å². The summed E-state index contributed by atoms with van der Waals surface area (Å²) in [5.41, 5.74) is 12.2. The van der Waals surface area contributed by atoms with Crippen molar-refractivity contribution in [2.24, 2.45) is 11.5 Å². The van der Waals surface area contributed by atoms with E-state index in [-0.39, 0.29) is 45.7 Å². The van der Waals surface area contributed by atoms with Gasteiger partial charge < -0.3 is 52.0 Å². The highest BCUT2D eigenvalue weighted by Gasteiger charge is 2.44. The summed E-state index contributed by atoms with van der Waals surface area (Å²) in [6.07, 6.45) is -0.906. The summed E-state index contributed by atoms with van der Waals surface area (Å²) in [7, 11) is 0. The Morgan fingerprint density at radius 2 is 1.54 bits per heavy atom. The summed E-state index contributed by atoms with van der Waals surface area (Å²) in [6.45, 7) is 3.04. The fourth-order valence-electron chi connectivity index (χ4n) is 5.94. The van der Waals surface area contributed by atoms with Crippen LogP contribution in [-0.2, 0) is 42.7 Å². The molecule has 9 N–H and O–H groups in total. The summed E-state index contributed by atoms with van der Waals surface area (Å²) >= 11 is 0. The van der Waals surface area contributed by atoms with Crippen LogP contribution in [0.1, 0.15) is 62.4 Å². The summed E-state index contributed by atoms with van der Waals surface area (Å²) in [6, 6.07) is 14.0. The molecule has 1 aromatic heterocycles. The van der Waals surface area contributed by atoms with Gasteiger partial charge in [-0.1, -0.05) is 65.9 Å². The third kappa shape index (κ3) is 12.0. The number of nitrogens with two attached hydrogens (primary N) is 2. The van der Waals surface area contributed by atoms with Crippen LogP contribution in [0.3, 0.4) is 0 Å². The van der Waals surface area contributed by atoms with Crippen molar-refractivity contribution < 1.29 is 43.7 Å². The number of hydrogen-bond acceptors (Lipinski definition) is 12. The summed E-state index contributed by atoms with van der Waals surface area (Å²) in [5.74, 6) is -2.45. The van der Waals surface area contributed by atoms with Crippen LogP contribution in [0.15, 0.2) is 66.9 Å². The Morgan fingerprint density at radius 1 is 0.944 bits per heavy atom. The molecule has 0 aliphatic carbocycles. The number of aliphatic hydroxyl groups excluding tert-OH is 1. The van der Waals surface area contributed by atoms with Gasteiger partial charge in [0.15, 0.2) is 6.10 Å². The highest BCUT2D eigenvalue weighted by molar-refractivity contribution is 5.91. The van der Waals surface area contributed by atoms with Gasteiger partial charge in [0.25, 0.3) is 0 Å². The maximum atomic E-state index is 13.9. The zero-order valence-corrected chi connectivity index (χ0v) is 30.3. The second-order valence-corrected chi connectivity index (χ2v) is 13.5. The Kier molecular flexibility index (Phi) is 14.8. The van der Waals surface area contributed by atoms with Gasteiger partial charge in [0.1, 0.15) is 30.9 Å². The summed E-state index contributed by atoms with van der Waals surface area (Å²) in [4.78, 5) is 65.4. The Hall–Kier alpha value is -5.59. The zero-order valence-electron chi connectivity index (χ0n) is 30.3. The van der Waals surface area contributed by atoms with E-state index in [0.29, 0.717) is 18.5 Å². The second-order valence-electron chi connectivity index (χ2n) is 13.5. The van der Waals surface area contributed by atoms with E-state index >= 15 is 0 Å². The SMILES string of the molecule is CC(C)(O)c1cnnn1[C@H]1C[C@@H](C(=O)NC(CCCCNC(=O)OCc2ccccc2)C(O)C(N)=O)N(C(=O)[C@H](N)CNC(=O)OCc2ccccc2)C1. The van der Waals surface area contributed by atoms with Crippen LogP contribution in [0, 0.1) is 0 Å². The molecule has 4 rings (SSSR count). The highest BCUT2D eigenvalue weighted by Crippen LogP contribution is 2.31.